The summed E-state index contributed by atoms with van der Waals surface area (Å²) in [6.07, 6.45) is 3.68. The molecule has 0 spiro atoms. The third-order valence-electron chi connectivity index (χ3n) is 2.70. The topological polar surface area (TPSA) is 37.4 Å². The van der Waals surface area contributed by atoms with E-state index in [-0.39, 0.29) is 5.78 Å². The number of rotatable bonds is 2. The van der Waals surface area contributed by atoms with Crippen molar-refractivity contribution in [3.8, 4) is 0 Å². The second kappa shape index (κ2) is 3.93. The molecule has 1 amide bonds. The lowest BCUT2D eigenvalue weighted by molar-refractivity contribution is -0.143. The van der Waals surface area contributed by atoms with Gasteiger partial charge in [0.05, 0.1) is 5.92 Å². The van der Waals surface area contributed by atoms with Gasteiger partial charge in [0.15, 0.2) is 0 Å². The molecule has 82 valence electrons. The average molecular weight is 215 g/mol. The highest BCUT2D eigenvalue weighted by Crippen LogP contribution is 2.30. The number of carbonyl (C=O) groups is 2. The predicted molar refractivity (Wildman–Crippen MR) is 61.9 cm³/mol. The number of nitrogens with zero attached hydrogens (tertiary/aromatic N) is 1. The minimum Gasteiger partial charge on any atom is -0.342 e. The van der Waals surface area contributed by atoms with E-state index in [2.05, 4.69) is 0 Å². The highest BCUT2D eigenvalue weighted by atomic mass is 16.2. The number of benzene rings is 1. The lowest BCUT2D eigenvalue weighted by Crippen LogP contribution is -2.32. The first-order valence-corrected chi connectivity index (χ1v) is 5.14. The molecule has 1 aromatic carbocycles. The Kier molecular flexibility index (Phi) is 2.60. The Morgan fingerprint density at radius 2 is 1.88 bits per heavy atom. The van der Waals surface area contributed by atoms with Gasteiger partial charge in [0, 0.05) is 14.1 Å². The Hall–Kier alpha value is -1.90. The summed E-state index contributed by atoms with van der Waals surface area (Å²) < 4.78 is 0. The molecule has 3 nitrogen and oxygen atoms in total. The van der Waals surface area contributed by atoms with E-state index in [1.165, 1.54) is 4.90 Å². The van der Waals surface area contributed by atoms with Crippen molar-refractivity contribution in [1.29, 1.82) is 0 Å². The third-order valence-corrected chi connectivity index (χ3v) is 2.70. The molecule has 0 bridgehead atoms. The molecule has 16 heavy (non-hydrogen) atoms. The zero-order valence-electron chi connectivity index (χ0n) is 9.31. The first-order chi connectivity index (χ1) is 7.61. The van der Waals surface area contributed by atoms with Gasteiger partial charge in [-0.3, -0.25) is 9.59 Å². The summed E-state index contributed by atoms with van der Waals surface area (Å²) in [4.78, 5) is 24.8. The Morgan fingerprint density at radius 3 is 2.56 bits per heavy atom. The molecule has 1 unspecified atom stereocenters. The van der Waals surface area contributed by atoms with Crippen LogP contribution in [0.1, 0.15) is 17.0 Å². The SMILES string of the molecule is CN(C)C(=O)C(=O)C1C=Cc2ccccc21. The standard InChI is InChI=1S/C13H13NO2/c1-14(2)13(16)12(15)11-8-7-9-5-3-4-6-10(9)11/h3-8,11H,1-2H3. The number of carbonyl (C=O) groups excluding carboxylic acids is 2. The Labute approximate surface area is 94.4 Å². The highest BCUT2D eigenvalue weighted by molar-refractivity contribution is 6.38. The lowest BCUT2D eigenvalue weighted by atomic mass is 9.96. The summed E-state index contributed by atoms with van der Waals surface area (Å²) in [7, 11) is 3.18. The smallest absolute Gasteiger partial charge is 0.290 e. The highest BCUT2D eigenvalue weighted by Gasteiger charge is 2.29. The van der Waals surface area contributed by atoms with Crippen molar-refractivity contribution in [3.05, 3.63) is 41.5 Å². The Bertz CT molecular complexity index is 475. The molecular formula is C13H13NO2. The van der Waals surface area contributed by atoms with Crippen LogP contribution >= 0.6 is 0 Å². The van der Waals surface area contributed by atoms with E-state index in [0.717, 1.165) is 11.1 Å². The minimum absolute atomic E-state index is 0.369. The van der Waals surface area contributed by atoms with Crippen molar-refractivity contribution in [2.24, 2.45) is 0 Å². The fraction of sp³-hybridized carbons (Fsp3) is 0.231. The third kappa shape index (κ3) is 1.65. The molecule has 0 heterocycles. The largest absolute Gasteiger partial charge is 0.342 e. The van der Waals surface area contributed by atoms with E-state index in [1.807, 2.05) is 30.3 Å². The van der Waals surface area contributed by atoms with Gasteiger partial charge in [0.25, 0.3) is 5.91 Å². The van der Waals surface area contributed by atoms with Gasteiger partial charge in [-0.25, -0.2) is 0 Å². The number of amides is 1. The molecule has 0 saturated carbocycles. The number of hydrogen-bond acceptors (Lipinski definition) is 2. The summed E-state index contributed by atoms with van der Waals surface area (Å²) in [6, 6.07) is 7.64. The molecule has 0 N–H and O–H groups in total. The Balaban J connectivity index is 2.30. The van der Waals surface area contributed by atoms with E-state index >= 15 is 0 Å². The van der Waals surface area contributed by atoms with Gasteiger partial charge in [0.1, 0.15) is 0 Å². The second-order valence-electron chi connectivity index (χ2n) is 4.03. The summed E-state index contributed by atoms with van der Waals surface area (Å²) in [5.41, 5.74) is 1.94. The van der Waals surface area contributed by atoms with Crippen LogP contribution < -0.4 is 0 Å². The molecule has 1 atom stereocenters. The van der Waals surface area contributed by atoms with Crippen molar-refractivity contribution in [3.63, 3.8) is 0 Å². The molecule has 3 heteroatoms. The summed E-state index contributed by atoms with van der Waals surface area (Å²) >= 11 is 0. The number of likely N-dealkylation sites (N-methyl/N-ethyl adjacent to an activating group) is 1. The molecule has 1 aromatic rings. The van der Waals surface area contributed by atoms with Gasteiger partial charge in [-0.05, 0) is 11.1 Å². The number of Topliss-reactive ketones (excluding diaryl/α,β-unsaturated/α-hetero) is 1. The van der Waals surface area contributed by atoms with Crippen molar-refractivity contribution >= 4 is 17.8 Å². The summed E-state index contributed by atoms with van der Waals surface area (Å²) in [6.45, 7) is 0. The number of fused-ring (bicyclic) bond motifs is 1. The average Bonchev–Trinajstić information content (AvgIpc) is 2.70. The van der Waals surface area contributed by atoms with Crippen LogP contribution in [0.25, 0.3) is 6.08 Å². The fourth-order valence-electron chi connectivity index (χ4n) is 1.83. The van der Waals surface area contributed by atoms with Gasteiger partial charge < -0.3 is 4.90 Å². The maximum atomic E-state index is 11.9. The second-order valence-corrected chi connectivity index (χ2v) is 4.03. The van der Waals surface area contributed by atoms with Crippen LogP contribution in [-0.2, 0) is 9.59 Å². The first-order valence-electron chi connectivity index (χ1n) is 5.14. The molecule has 1 aliphatic carbocycles. The normalized spacial score (nSPS) is 17.0. The van der Waals surface area contributed by atoms with Gasteiger partial charge in [-0.15, -0.1) is 0 Å². The molecular weight excluding hydrogens is 202 g/mol. The molecule has 0 aromatic heterocycles. The predicted octanol–water partition coefficient (Wildman–Crippen LogP) is 1.45. The minimum atomic E-state index is -0.452. The lowest BCUT2D eigenvalue weighted by Gasteiger charge is -2.13. The maximum absolute atomic E-state index is 11.9. The monoisotopic (exact) mass is 215 g/mol. The molecule has 1 aliphatic rings. The van der Waals surface area contributed by atoms with Crippen molar-refractivity contribution in [2.75, 3.05) is 14.1 Å². The van der Waals surface area contributed by atoms with E-state index in [4.69, 9.17) is 0 Å². The van der Waals surface area contributed by atoms with E-state index in [1.54, 1.807) is 20.2 Å². The fourth-order valence-corrected chi connectivity index (χ4v) is 1.83. The summed E-state index contributed by atoms with van der Waals surface area (Å²) in [5, 5.41) is 0. The zero-order chi connectivity index (χ0) is 11.7. The van der Waals surface area contributed by atoms with Crippen molar-refractivity contribution in [2.45, 2.75) is 5.92 Å². The van der Waals surface area contributed by atoms with Crippen LogP contribution in [0.15, 0.2) is 30.3 Å². The van der Waals surface area contributed by atoms with Crippen LogP contribution in [0.5, 0.6) is 0 Å². The quantitative estimate of drug-likeness (QED) is 0.700. The van der Waals surface area contributed by atoms with Crippen molar-refractivity contribution < 1.29 is 9.59 Å². The van der Waals surface area contributed by atoms with E-state index in [0.29, 0.717) is 0 Å². The molecule has 0 aliphatic heterocycles. The van der Waals surface area contributed by atoms with E-state index < -0.39 is 11.8 Å². The molecule has 0 saturated heterocycles. The number of allylic oxidation sites excluding steroid dienone is 1. The molecule has 0 radical (unpaired) electrons. The van der Waals surface area contributed by atoms with Crippen LogP contribution in [0, 0.1) is 0 Å². The van der Waals surface area contributed by atoms with E-state index in [9.17, 15) is 9.59 Å². The maximum Gasteiger partial charge on any atom is 0.290 e. The molecule has 2 rings (SSSR count). The van der Waals surface area contributed by atoms with Gasteiger partial charge in [0.2, 0.25) is 5.78 Å². The van der Waals surface area contributed by atoms with Crippen LogP contribution in [0.4, 0.5) is 0 Å². The van der Waals surface area contributed by atoms with Crippen LogP contribution in [0.3, 0.4) is 0 Å². The van der Waals surface area contributed by atoms with Crippen molar-refractivity contribution in [1.82, 2.24) is 4.90 Å². The van der Waals surface area contributed by atoms with Crippen LogP contribution in [-0.4, -0.2) is 30.7 Å². The number of hydrogen-bond donors (Lipinski definition) is 0. The molecule has 0 fully saturated rings. The van der Waals surface area contributed by atoms with Gasteiger partial charge >= 0.3 is 0 Å². The first kappa shape index (κ1) is 10.6. The Morgan fingerprint density at radius 1 is 1.19 bits per heavy atom. The number of ketones is 1. The zero-order valence-corrected chi connectivity index (χ0v) is 9.31. The van der Waals surface area contributed by atoms with Crippen LogP contribution in [0.2, 0.25) is 0 Å². The van der Waals surface area contributed by atoms with Gasteiger partial charge in [-0.2, -0.15) is 0 Å². The summed E-state index contributed by atoms with van der Waals surface area (Å²) in [5.74, 6) is -1.23. The van der Waals surface area contributed by atoms with Gasteiger partial charge in [-0.1, -0.05) is 36.4 Å².